The predicted octanol–water partition coefficient (Wildman–Crippen LogP) is 4.67. The van der Waals surface area contributed by atoms with E-state index in [1.54, 1.807) is 13.0 Å². The summed E-state index contributed by atoms with van der Waals surface area (Å²) >= 11 is 6.38. The first kappa shape index (κ1) is 18.8. The first-order valence-corrected chi connectivity index (χ1v) is 10.6. The lowest BCUT2D eigenvalue weighted by Gasteiger charge is -2.55. The maximum absolute atomic E-state index is 13.4. The number of carbonyl (C=O) groups is 2. The Hall–Kier alpha value is -1.55. The van der Waals surface area contributed by atoms with Crippen molar-refractivity contribution in [2.24, 2.45) is 23.2 Å². The quantitative estimate of drug-likeness (QED) is 0.719. The molecule has 4 bridgehead atoms. The minimum atomic E-state index is -0.446. The number of halogens is 1. The van der Waals surface area contributed by atoms with E-state index in [9.17, 15) is 9.59 Å². The summed E-state index contributed by atoms with van der Waals surface area (Å²) in [6, 6.07) is 6.97. The van der Waals surface area contributed by atoms with E-state index < -0.39 is 6.04 Å². The molecule has 0 aromatic heterocycles. The largest absolute Gasteiger partial charge is 0.466 e. The monoisotopic (exact) mass is 389 g/mol. The molecule has 0 heterocycles. The number of amides is 1. The highest BCUT2D eigenvalue weighted by atomic mass is 35.5. The molecule has 0 spiro atoms. The molecule has 1 aromatic carbocycles. The molecule has 4 saturated carbocycles. The van der Waals surface area contributed by atoms with Gasteiger partial charge in [-0.2, -0.15) is 0 Å². The summed E-state index contributed by atoms with van der Waals surface area (Å²) in [7, 11) is 0. The Bertz CT molecular complexity index is 697. The van der Waals surface area contributed by atoms with Gasteiger partial charge in [0.1, 0.15) is 0 Å². The molecule has 0 aliphatic heterocycles. The second-order valence-corrected chi connectivity index (χ2v) is 9.16. The third-order valence-electron chi connectivity index (χ3n) is 6.78. The molecule has 1 atom stereocenters. The molecule has 1 aromatic rings. The fourth-order valence-electron chi connectivity index (χ4n) is 6.08. The Labute approximate surface area is 166 Å². The van der Waals surface area contributed by atoms with Crippen LogP contribution in [0.25, 0.3) is 0 Å². The van der Waals surface area contributed by atoms with E-state index in [1.807, 2.05) is 18.2 Å². The van der Waals surface area contributed by atoms with Crippen molar-refractivity contribution in [3.63, 3.8) is 0 Å². The summed E-state index contributed by atoms with van der Waals surface area (Å²) in [6.07, 6.45) is 6.99. The maximum Gasteiger partial charge on any atom is 0.308 e. The van der Waals surface area contributed by atoms with E-state index in [2.05, 4.69) is 5.32 Å². The van der Waals surface area contributed by atoms with Crippen LogP contribution in [0, 0.1) is 23.2 Å². The molecule has 4 aliphatic carbocycles. The van der Waals surface area contributed by atoms with Gasteiger partial charge in [0, 0.05) is 10.4 Å². The van der Waals surface area contributed by atoms with Crippen molar-refractivity contribution in [2.75, 3.05) is 6.61 Å². The van der Waals surface area contributed by atoms with Gasteiger partial charge in [-0.15, -0.1) is 0 Å². The maximum atomic E-state index is 13.4. The van der Waals surface area contributed by atoms with Crippen LogP contribution >= 0.6 is 11.6 Å². The van der Waals surface area contributed by atoms with Crippen LogP contribution in [-0.4, -0.2) is 18.5 Å². The third-order valence-corrected chi connectivity index (χ3v) is 7.13. The van der Waals surface area contributed by atoms with Crippen LogP contribution in [0.3, 0.4) is 0 Å². The van der Waals surface area contributed by atoms with Gasteiger partial charge in [0.2, 0.25) is 5.91 Å². The van der Waals surface area contributed by atoms with Gasteiger partial charge in [0.15, 0.2) is 0 Å². The molecule has 5 rings (SSSR count). The highest BCUT2D eigenvalue weighted by Gasteiger charge is 2.54. The minimum Gasteiger partial charge on any atom is -0.466 e. The lowest BCUT2D eigenvalue weighted by Crippen LogP contribution is -2.54. The van der Waals surface area contributed by atoms with Gasteiger partial charge in [-0.05, 0) is 74.8 Å². The summed E-state index contributed by atoms with van der Waals surface area (Å²) in [4.78, 5) is 25.6. The summed E-state index contributed by atoms with van der Waals surface area (Å²) in [6.45, 7) is 2.12. The van der Waals surface area contributed by atoms with Crippen LogP contribution in [-0.2, 0) is 14.3 Å². The number of rotatable bonds is 6. The fraction of sp³-hybridized carbons (Fsp3) is 0.636. The number of benzene rings is 1. The van der Waals surface area contributed by atoms with Crippen molar-refractivity contribution < 1.29 is 14.3 Å². The van der Waals surface area contributed by atoms with Gasteiger partial charge >= 0.3 is 5.97 Å². The van der Waals surface area contributed by atoms with Crippen molar-refractivity contribution in [1.29, 1.82) is 0 Å². The minimum absolute atomic E-state index is 0.107. The third kappa shape index (κ3) is 3.73. The molecular weight excluding hydrogens is 362 g/mol. The lowest BCUT2D eigenvalue weighted by molar-refractivity contribution is -0.148. The molecule has 4 aliphatic rings. The second kappa shape index (κ2) is 7.46. The van der Waals surface area contributed by atoms with Crippen LogP contribution in [0.2, 0.25) is 5.02 Å². The topological polar surface area (TPSA) is 55.4 Å². The Morgan fingerprint density at radius 1 is 1.15 bits per heavy atom. The molecule has 0 unspecified atom stereocenters. The number of hydrogen-bond donors (Lipinski definition) is 1. The Kier molecular flexibility index (Phi) is 5.19. The van der Waals surface area contributed by atoms with E-state index in [0.717, 1.165) is 24.8 Å². The lowest BCUT2D eigenvalue weighted by atomic mass is 9.49. The number of esters is 1. The standard InChI is InChI=1S/C22H28ClNO3/c1-2-27-20(25)10-19(17-5-3-4-6-18(17)23)24-21(26)22-11-14-7-15(12-22)9-16(8-14)13-22/h3-6,14-16,19H,2,7-13H2,1H3,(H,24,26)/t14?,15?,16?,19-,22?/m0/s1. The first-order valence-electron chi connectivity index (χ1n) is 10.2. The van der Waals surface area contributed by atoms with E-state index >= 15 is 0 Å². The van der Waals surface area contributed by atoms with E-state index in [1.165, 1.54) is 19.3 Å². The molecule has 1 N–H and O–H groups in total. The number of carbonyl (C=O) groups excluding carboxylic acids is 2. The van der Waals surface area contributed by atoms with Crippen molar-refractivity contribution >= 4 is 23.5 Å². The van der Waals surface area contributed by atoms with E-state index in [0.29, 0.717) is 29.4 Å². The van der Waals surface area contributed by atoms with Gasteiger partial charge in [0.25, 0.3) is 0 Å². The van der Waals surface area contributed by atoms with Crippen molar-refractivity contribution in [2.45, 2.75) is 57.9 Å². The van der Waals surface area contributed by atoms with Crippen molar-refractivity contribution in [3.05, 3.63) is 34.9 Å². The van der Waals surface area contributed by atoms with Crippen molar-refractivity contribution in [1.82, 2.24) is 5.32 Å². The average molecular weight is 390 g/mol. The summed E-state index contributed by atoms with van der Waals surface area (Å²) < 4.78 is 5.13. The smallest absolute Gasteiger partial charge is 0.308 e. The molecule has 4 fully saturated rings. The SMILES string of the molecule is CCOC(=O)C[C@H](NC(=O)C12CC3CC(CC(C3)C1)C2)c1ccccc1Cl. The van der Waals surface area contributed by atoms with Crippen LogP contribution in [0.5, 0.6) is 0 Å². The van der Waals surface area contributed by atoms with Gasteiger partial charge < -0.3 is 10.1 Å². The Morgan fingerprint density at radius 2 is 1.74 bits per heavy atom. The summed E-state index contributed by atoms with van der Waals surface area (Å²) in [5.74, 6) is 1.89. The van der Waals surface area contributed by atoms with E-state index in [-0.39, 0.29) is 23.7 Å². The van der Waals surface area contributed by atoms with Gasteiger partial charge in [-0.3, -0.25) is 9.59 Å². The molecule has 27 heavy (non-hydrogen) atoms. The highest BCUT2D eigenvalue weighted by Crippen LogP contribution is 2.60. The van der Waals surface area contributed by atoms with Crippen LogP contribution in [0.4, 0.5) is 0 Å². The highest BCUT2D eigenvalue weighted by molar-refractivity contribution is 6.31. The van der Waals surface area contributed by atoms with Crippen LogP contribution in [0.15, 0.2) is 24.3 Å². The zero-order valence-electron chi connectivity index (χ0n) is 15.9. The second-order valence-electron chi connectivity index (χ2n) is 8.75. The fourth-order valence-corrected chi connectivity index (χ4v) is 6.35. The van der Waals surface area contributed by atoms with Gasteiger partial charge in [0.05, 0.1) is 19.1 Å². The van der Waals surface area contributed by atoms with Crippen molar-refractivity contribution in [3.8, 4) is 0 Å². The van der Waals surface area contributed by atoms with E-state index in [4.69, 9.17) is 16.3 Å². The molecule has 0 radical (unpaired) electrons. The number of nitrogens with one attached hydrogen (secondary N) is 1. The molecule has 0 saturated heterocycles. The van der Waals surface area contributed by atoms with Crippen LogP contribution < -0.4 is 5.32 Å². The zero-order chi connectivity index (χ0) is 19.0. The normalized spacial score (nSPS) is 32.1. The predicted molar refractivity (Wildman–Crippen MR) is 104 cm³/mol. The van der Waals surface area contributed by atoms with Gasteiger partial charge in [-0.25, -0.2) is 0 Å². The van der Waals surface area contributed by atoms with Crippen LogP contribution in [0.1, 0.15) is 63.5 Å². The average Bonchev–Trinajstić information content (AvgIpc) is 2.60. The molecule has 1 amide bonds. The Balaban J connectivity index is 1.55. The first-order chi connectivity index (χ1) is 13.0. The summed E-state index contributed by atoms with van der Waals surface area (Å²) in [5.41, 5.74) is 0.536. The molecule has 4 nitrogen and oxygen atoms in total. The zero-order valence-corrected chi connectivity index (χ0v) is 16.6. The molecular formula is C22H28ClNO3. The number of ether oxygens (including phenoxy) is 1. The van der Waals surface area contributed by atoms with Gasteiger partial charge in [-0.1, -0.05) is 29.8 Å². The summed E-state index contributed by atoms with van der Waals surface area (Å²) in [5, 5.41) is 3.76. The Morgan fingerprint density at radius 3 is 2.30 bits per heavy atom. The molecule has 5 heteroatoms. The number of hydrogen-bond acceptors (Lipinski definition) is 3. The molecule has 146 valence electrons.